The van der Waals surface area contributed by atoms with Gasteiger partial charge in [-0.3, -0.25) is 0 Å². The SMILES string of the molecule is COc1cc(C(C)Nc2cccc(C)c2C#N)ccc1F. The van der Waals surface area contributed by atoms with Gasteiger partial charge >= 0.3 is 0 Å². The van der Waals surface area contributed by atoms with Crippen molar-refractivity contribution in [2.24, 2.45) is 0 Å². The van der Waals surface area contributed by atoms with Crippen LogP contribution in [-0.4, -0.2) is 7.11 Å². The van der Waals surface area contributed by atoms with Crippen molar-refractivity contribution in [1.82, 2.24) is 0 Å². The maximum Gasteiger partial charge on any atom is 0.165 e. The fraction of sp³-hybridized carbons (Fsp3) is 0.235. The minimum absolute atomic E-state index is 0.0756. The third-order valence-electron chi connectivity index (χ3n) is 3.43. The van der Waals surface area contributed by atoms with Gasteiger partial charge in [-0.15, -0.1) is 0 Å². The van der Waals surface area contributed by atoms with Gasteiger partial charge in [0.15, 0.2) is 11.6 Å². The zero-order chi connectivity index (χ0) is 15.4. The van der Waals surface area contributed by atoms with Crippen molar-refractivity contribution in [2.45, 2.75) is 19.9 Å². The van der Waals surface area contributed by atoms with E-state index in [1.807, 2.05) is 32.0 Å². The van der Waals surface area contributed by atoms with E-state index in [4.69, 9.17) is 4.74 Å². The quantitative estimate of drug-likeness (QED) is 0.915. The van der Waals surface area contributed by atoms with Crippen molar-refractivity contribution in [3.63, 3.8) is 0 Å². The second-order valence-electron chi connectivity index (χ2n) is 4.87. The number of nitrogens with one attached hydrogen (secondary N) is 1. The van der Waals surface area contributed by atoms with Crippen LogP contribution in [-0.2, 0) is 0 Å². The summed E-state index contributed by atoms with van der Waals surface area (Å²) in [5.74, 6) is -0.174. The Morgan fingerprint density at radius 1 is 1.29 bits per heavy atom. The van der Waals surface area contributed by atoms with Crippen molar-refractivity contribution >= 4 is 5.69 Å². The molecule has 0 bridgehead atoms. The predicted octanol–water partition coefficient (Wildman–Crippen LogP) is 4.19. The highest BCUT2D eigenvalue weighted by molar-refractivity contribution is 5.61. The maximum atomic E-state index is 13.4. The number of methoxy groups -OCH3 is 1. The van der Waals surface area contributed by atoms with Crippen LogP contribution in [0.15, 0.2) is 36.4 Å². The molecule has 3 nitrogen and oxygen atoms in total. The number of aryl methyl sites for hydroxylation is 1. The number of anilines is 1. The first-order valence-electron chi connectivity index (χ1n) is 6.66. The number of ether oxygens (including phenoxy) is 1. The molecule has 0 aliphatic carbocycles. The van der Waals surface area contributed by atoms with Crippen LogP contribution in [0.25, 0.3) is 0 Å². The molecule has 21 heavy (non-hydrogen) atoms. The van der Waals surface area contributed by atoms with E-state index in [1.165, 1.54) is 13.2 Å². The van der Waals surface area contributed by atoms with E-state index < -0.39 is 0 Å². The first kappa shape index (κ1) is 14.9. The minimum atomic E-state index is -0.387. The lowest BCUT2D eigenvalue weighted by molar-refractivity contribution is 0.385. The molecule has 2 rings (SSSR count). The van der Waals surface area contributed by atoms with Gasteiger partial charge in [0.2, 0.25) is 0 Å². The summed E-state index contributed by atoms with van der Waals surface area (Å²) < 4.78 is 18.4. The Hall–Kier alpha value is -2.54. The number of hydrogen-bond donors (Lipinski definition) is 1. The van der Waals surface area contributed by atoms with Gasteiger partial charge in [-0.1, -0.05) is 18.2 Å². The Morgan fingerprint density at radius 2 is 2.05 bits per heavy atom. The summed E-state index contributed by atoms with van der Waals surface area (Å²) in [6.07, 6.45) is 0. The van der Waals surface area contributed by atoms with Crippen LogP contribution >= 0.6 is 0 Å². The largest absolute Gasteiger partial charge is 0.494 e. The molecule has 0 spiro atoms. The van der Waals surface area contributed by atoms with Crippen molar-refractivity contribution in [3.8, 4) is 11.8 Å². The highest BCUT2D eigenvalue weighted by Crippen LogP contribution is 2.27. The molecule has 2 aromatic rings. The molecule has 0 saturated heterocycles. The van der Waals surface area contributed by atoms with Crippen LogP contribution in [0.1, 0.15) is 29.7 Å². The molecule has 0 aromatic heterocycles. The highest BCUT2D eigenvalue weighted by atomic mass is 19.1. The van der Waals surface area contributed by atoms with Crippen molar-refractivity contribution in [3.05, 3.63) is 58.9 Å². The number of nitriles is 1. The lowest BCUT2D eigenvalue weighted by Crippen LogP contribution is -2.08. The molecule has 2 aromatic carbocycles. The van der Waals surface area contributed by atoms with Crippen molar-refractivity contribution in [2.75, 3.05) is 12.4 Å². The number of halogens is 1. The van der Waals surface area contributed by atoms with Crippen LogP contribution < -0.4 is 10.1 Å². The van der Waals surface area contributed by atoms with Crippen LogP contribution in [0.2, 0.25) is 0 Å². The molecule has 0 heterocycles. The van der Waals surface area contributed by atoms with Crippen molar-refractivity contribution < 1.29 is 9.13 Å². The maximum absolute atomic E-state index is 13.4. The third-order valence-corrected chi connectivity index (χ3v) is 3.43. The number of hydrogen-bond acceptors (Lipinski definition) is 3. The fourth-order valence-electron chi connectivity index (χ4n) is 2.20. The molecule has 0 radical (unpaired) electrons. The summed E-state index contributed by atoms with van der Waals surface area (Å²) in [6, 6.07) is 12.5. The molecule has 4 heteroatoms. The molecule has 0 amide bonds. The summed E-state index contributed by atoms with van der Waals surface area (Å²) in [7, 11) is 1.44. The van der Waals surface area contributed by atoms with Crippen LogP contribution in [0, 0.1) is 24.1 Å². The lowest BCUT2D eigenvalue weighted by atomic mass is 10.0. The molecular weight excluding hydrogens is 267 g/mol. The summed E-state index contributed by atoms with van der Waals surface area (Å²) >= 11 is 0. The molecule has 0 aliphatic rings. The molecule has 1 unspecified atom stereocenters. The van der Waals surface area contributed by atoms with Crippen LogP contribution in [0.4, 0.5) is 10.1 Å². The van der Waals surface area contributed by atoms with Gasteiger partial charge < -0.3 is 10.1 Å². The Kier molecular flexibility index (Phi) is 4.44. The number of rotatable bonds is 4. The number of benzene rings is 2. The molecule has 0 fully saturated rings. The highest BCUT2D eigenvalue weighted by Gasteiger charge is 2.12. The molecule has 1 atom stereocenters. The Bertz CT molecular complexity index is 692. The Labute approximate surface area is 124 Å². The monoisotopic (exact) mass is 284 g/mol. The topological polar surface area (TPSA) is 45.0 Å². The first-order valence-corrected chi connectivity index (χ1v) is 6.66. The fourth-order valence-corrected chi connectivity index (χ4v) is 2.20. The predicted molar refractivity (Wildman–Crippen MR) is 80.9 cm³/mol. The molecule has 0 aliphatic heterocycles. The van der Waals surface area contributed by atoms with Gasteiger partial charge in [0.1, 0.15) is 6.07 Å². The van der Waals surface area contributed by atoms with E-state index in [9.17, 15) is 9.65 Å². The normalized spacial score (nSPS) is 11.6. The van der Waals surface area contributed by atoms with Gasteiger partial charge in [0.25, 0.3) is 0 Å². The van der Waals surface area contributed by atoms with Crippen LogP contribution in [0.5, 0.6) is 5.75 Å². The zero-order valence-corrected chi connectivity index (χ0v) is 12.3. The van der Waals surface area contributed by atoms with Crippen molar-refractivity contribution in [1.29, 1.82) is 5.26 Å². The van der Waals surface area contributed by atoms with E-state index in [-0.39, 0.29) is 17.6 Å². The van der Waals surface area contributed by atoms with E-state index in [2.05, 4.69) is 11.4 Å². The second kappa shape index (κ2) is 6.27. The van der Waals surface area contributed by atoms with Gasteiger partial charge in [0.05, 0.1) is 18.4 Å². The summed E-state index contributed by atoms with van der Waals surface area (Å²) in [5, 5.41) is 12.5. The molecule has 0 saturated carbocycles. The summed E-state index contributed by atoms with van der Waals surface area (Å²) in [4.78, 5) is 0. The first-order chi connectivity index (χ1) is 10.1. The van der Waals surface area contributed by atoms with Gasteiger partial charge in [0, 0.05) is 6.04 Å². The molecule has 1 N–H and O–H groups in total. The lowest BCUT2D eigenvalue weighted by Gasteiger charge is -2.18. The standard InChI is InChI=1S/C17H17FN2O/c1-11-5-4-6-16(14(11)10-19)20-12(2)13-7-8-15(18)17(9-13)21-3/h4-9,12,20H,1-3H3. The van der Waals surface area contributed by atoms with Gasteiger partial charge in [-0.05, 0) is 43.2 Å². The third kappa shape index (κ3) is 3.14. The molecule has 108 valence electrons. The van der Waals surface area contributed by atoms with Gasteiger partial charge in [-0.2, -0.15) is 5.26 Å². The second-order valence-corrected chi connectivity index (χ2v) is 4.87. The van der Waals surface area contributed by atoms with E-state index >= 15 is 0 Å². The Balaban J connectivity index is 2.28. The van der Waals surface area contributed by atoms with Crippen LogP contribution in [0.3, 0.4) is 0 Å². The number of nitrogens with zero attached hydrogens (tertiary/aromatic N) is 1. The minimum Gasteiger partial charge on any atom is -0.494 e. The molecular formula is C17H17FN2O. The summed E-state index contributed by atoms with van der Waals surface area (Å²) in [6.45, 7) is 3.85. The van der Waals surface area contributed by atoms with E-state index in [0.29, 0.717) is 5.56 Å². The zero-order valence-electron chi connectivity index (χ0n) is 12.3. The van der Waals surface area contributed by atoms with E-state index in [1.54, 1.807) is 12.1 Å². The summed E-state index contributed by atoms with van der Waals surface area (Å²) in [5.41, 5.74) is 3.21. The van der Waals surface area contributed by atoms with Gasteiger partial charge in [-0.25, -0.2) is 4.39 Å². The average molecular weight is 284 g/mol. The van der Waals surface area contributed by atoms with E-state index in [0.717, 1.165) is 16.8 Å². The average Bonchev–Trinajstić information content (AvgIpc) is 2.48. The Morgan fingerprint density at radius 3 is 2.71 bits per heavy atom. The smallest absolute Gasteiger partial charge is 0.165 e.